The molecular weight excluding hydrogens is 421 g/mol. The molecule has 0 amide bonds. The van der Waals surface area contributed by atoms with Crippen LogP contribution in [0.1, 0.15) is 29.9 Å². The number of hydrogen-bond donors (Lipinski definition) is 0. The lowest BCUT2D eigenvalue weighted by Crippen LogP contribution is -2.39. The third-order valence-electron chi connectivity index (χ3n) is 4.86. The number of carbonyl (C=O) groups excluding carboxylic acids is 1. The topological polar surface area (TPSA) is 63.7 Å². The van der Waals surface area contributed by atoms with Crippen molar-refractivity contribution >= 4 is 39.2 Å². The number of sulfonamides is 1. The van der Waals surface area contributed by atoms with Crippen molar-refractivity contribution in [1.29, 1.82) is 0 Å². The van der Waals surface area contributed by atoms with Crippen LogP contribution in [0.2, 0.25) is 10.0 Å². The Balaban J connectivity index is 1.82. The molecule has 1 atom stereocenters. The number of carbonyl (C=O) groups is 1. The Bertz CT molecular complexity index is 958. The molecule has 0 N–H and O–H groups in total. The molecule has 0 spiro atoms. The molecule has 2 aromatic rings. The first-order valence-corrected chi connectivity index (χ1v) is 11.1. The first kappa shape index (κ1) is 21.1. The predicted molar refractivity (Wildman–Crippen MR) is 109 cm³/mol. The van der Waals surface area contributed by atoms with Crippen LogP contribution in [0.4, 0.5) is 0 Å². The molecule has 1 fully saturated rings. The number of hydrogen-bond acceptors (Lipinski definition) is 4. The lowest BCUT2D eigenvalue weighted by atomic mass is 9.90. The summed E-state index contributed by atoms with van der Waals surface area (Å²) in [5, 5.41) is 0.574. The van der Waals surface area contributed by atoms with E-state index in [0.717, 1.165) is 24.0 Å². The second kappa shape index (κ2) is 8.82. The summed E-state index contributed by atoms with van der Waals surface area (Å²) in [5.74, 6) is -0.251. The van der Waals surface area contributed by atoms with E-state index >= 15 is 0 Å². The van der Waals surface area contributed by atoms with Gasteiger partial charge in [-0.3, -0.25) is 4.79 Å². The van der Waals surface area contributed by atoms with E-state index in [9.17, 15) is 13.2 Å². The quantitative estimate of drug-likeness (QED) is 0.649. The summed E-state index contributed by atoms with van der Waals surface area (Å²) < 4.78 is 32.3. The molecule has 1 aliphatic rings. The Hall–Kier alpha value is -1.60. The zero-order valence-electron chi connectivity index (χ0n) is 15.4. The SMILES string of the molecule is COC(=O)Cc1cccc(C2CCCN(S(=O)(=O)c3cc(Cl)cc(Cl)c3)C2)c1. The second-order valence-electron chi connectivity index (χ2n) is 6.81. The molecule has 0 bridgehead atoms. The molecule has 0 saturated carbocycles. The van der Waals surface area contributed by atoms with Crippen LogP contribution >= 0.6 is 23.2 Å². The number of benzene rings is 2. The molecule has 150 valence electrons. The zero-order valence-corrected chi connectivity index (χ0v) is 17.7. The number of esters is 1. The summed E-state index contributed by atoms with van der Waals surface area (Å²) in [5.41, 5.74) is 1.87. The van der Waals surface area contributed by atoms with Crippen LogP contribution < -0.4 is 0 Å². The van der Waals surface area contributed by atoms with Crippen LogP contribution in [0.3, 0.4) is 0 Å². The van der Waals surface area contributed by atoms with E-state index in [1.54, 1.807) is 0 Å². The monoisotopic (exact) mass is 441 g/mol. The Morgan fingerprint density at radius 3 is 2.57 bits per heavy atom. The van der Waals surface area contributed by atoms with E-state index in [4.69, 9.17) is 27.9 Å². The normalized spacial score (nSPS) is 18.0. The largest absolute Gasteiger partial charge is 0.469 e. The van der Waals surface area contributed by atoms with Crippen LogP contribution in [0.25, 0.3) is 0 Å². The van der Waals surface area contributed by atoms with E-state index in [1.807, 2.05) is 24.3 Å². The zero-order chi connectivity index (χ0) is 20.3. The first-order valence-electron chi connectivity index (χ1n) is 8.91. The van der Waals surface area contributed by atoms with E-state index in [1.165, 1.54) is 29.6 Å². The van der Waals surface area contributed by atoms with Gasteiger partial charge in [0.15, 0.2) is 0 Å². The summed E-state index contributed by atoms with van der Waals surface area (Å²) in [6.07, 6.45) is 1.82. The number of nitrogens with zero attached hydrogens (tertiary/aromatic N) is 1. The van der Waals surface area contributed by atoms with Crippen molar-refractivity contribution in [3.05, 3.63) is 63.6 Å². The van der Waals surface area contributed by atoms with E-state index in [-0.39, 0.29) is 33.2 Å². The smallest absolute Gasteiger partial charge is 0.309 e. The van der Waals surface area contributed by atoms with Crippen molar-refractivity contribution in [3.8, 4) is 0 Å². The van der Waals surface area contributed by atoms with Crippen molar-refractivity contribution in [2.75, 3.05) is 20.2 Å². The van der Waals surface area contributed by atoms with Gasteiger partial charge in [-0.15, -0.1) is 0 Å². The highest BCUT2D eigenvalue weighted by atomic mass is 35.5. The third-order valence-corrected chi connectivity index (χ3v) is 7.14. The number of halogens is 2. The minimum absolute atomic E-state index is 0.0516. The van der Waals surface area contributed by atoms with Gasteiger partial charge in [-0.25, -0.2) is 8.42 Å². The van der Waals surface area contributed by atoms with E-state index < -0.39 is 10.0 Å². The molecule has 1 unspecified atom stereocenters. The predicted octanol–water partition coefficient (Wildman–Crippen LogP) is 4.28. The number of methoxy groups -OCH3 is 1. The maximum Gasteiger partial charge on any atom is 0.309 e. The molecule has 2 aromatic carbocycles. The number of ether oxygens (including phenoxy) is 1. The summed E-state index contributed by atoms with van der Waals surface area (Å²) in [7, 11) is -2.33. The maximum atomic E-state index is 13.1. The molecule has 0 aliphatic carbocycles. The summed E-state index contributed by atoms with van der Waals surface area (Å²) in [6.45, 7) is 0.818. The van der Waals surface area contributed by atoms with Gasteiger partial charge in [0.05, 0.1) is 18.4 Å². The molecule has 0 radical (unpaired) electrons. The highest BCUT2D eigenvalue weighted by Crippen LogP contribution is 2.32. The molecule has 28 heavy (non-hydrogen) atoms. The van der Waals surface area contributed by atoms with Crippen LogP contribution in [0, 0.1) is 0 Å². The summed E-state index contributed by atoms with van der Waals surface area (Å²) in [6, 6.07) is 12.0. The second-order valence-corrected chi connectivity index (χ2v) is 9.62. The fourth-order valence-electron chi connectivity index (χ4n) is 3.46. The van der Waals surface area contributed by atoms with Gasteiger partial charge < -0.3 is 4.74 Å². The van der Waals surface area contributed by atoms with Gasteiger partial charge in [0, 0.05) is 23.1 Å². The highest BCUT2D eigenvalue weighted by molar-refractivity contribution is 7.89. The third kappa shape index (κ3) is 4.87. The Kier molecular flexibility index (Phi) is 6.65. The van der Waals surface area contributed by atoms with Gasteiger partial charge in [0.2, 0.25) is 10.0 Å². The van der Waals surface area contributed by atoms with Crippen molar-refractivity contribution in [2.45, 2.75) is 30.1 Å². The molecule has 0 aromatic heterocycles. The first-order chi connectivity index (χ1) is 13.3. The molecular formula is C20H21Cl2NO4S. The van der Waals surface area contributed by atoms with Crippen LogP contribution in [-0.4, -0.2) is 38.9 Å². The van der Waals surface area contributed by atoms with Gasteiger partial charge in [0.1, 0.15) is 0 Å². The number of rotatable bonds is 5. The molecule has 3 rings (SSSR count). The molecule has 5 nitrogen and oxygen atoms in total. The van der Waals surface area contributed by atoms with Gasteiger partial charge >= 0.3 is 5.97 Å². The van der Waals surface area contributed by atoms with Crippen LogP contribution in [-0.2, 0) is 26.0 Å². The Morgan fingerprint density at radius 1 is 1.18 bits per heavy atom. The fraction of sp³-hybridized carbons (Fsp3) is 0.350. The van der Waals surface area contributed by atoms with E-state index in [2.05, 4.69) is 0 Å². The van der Waals surface area contributed by atoms with Crippen LogP contribution in [0.5, 0.6) is 0 Å². The van der Waals surface area contributed by atoms with Gasteiger partial charge in [-0.05, 0) is 48.1 Å². The number of piperidine rings is 1. The lowest BCUT2D eigenvalue weighted by molar-refractivity contribution is -0.139. The molecule has 1 saturated heterocycles. The highest BCUT2D eigenvalue weighted by Gasteiger charge is 2.31. The van der Waals surface area contributed by atoms with Crippen molar-refractivity contribution < 1.29 is 17.9 Å². The van der Waals surface area contributed by atoms with Crippen LogP contribution in [0.15, 0.2) is 47.4 Å². The van der Waals surface area contributed by atoms with Gasteiger partial charge in [0.25, 0.3) is 0 Å². The average molecular weight is 442 g/mol. The lowest BCUT2D eigenvalue weighted by Gasteiger charge is -2.32. The Morgan fingerprint density at radius 2 is 1.89 bits per heavy atom. The molecule has 8 heteroatoms. The minimum atomic E-state index is -3.69. The standard InChI is InChI=1S/C20H21Cl2NO4S/c1-27-20(24)9-14-4-2-5-15(8-14)16-6-3-7-23(13-16)28(25,26)19-11-17(21)10-18(22)12-19/h2,4-5,8,10-12,16H,3,6-7,9,13H2,1H3. The van der Waals surface area contributed by atoms with E-state index in [0.29, 0.717) is 13.1 Å². The fourth-order valence-corrected chi connectivity index (χ4v) is 5.71. The van der Waals surface area contributed by atoms with Crippen molar-refractivity contribution in [1.82, 2.24) is 4.31 Å². The van der Waals surface area contributed by atoms with Gasteiger partial charge in [-0.1, -0.05) is 47.5 Å². The van der Waals surface area contributed by atoms with Gasteiger partial charge in [-0.2, -0.15) is 4.31 Å². The summed E-state index contributed by atoms with van der Waals surface area (Å²) >= 11 is 12.0. The van der Waals surface area contributed by atoms with Crippen molar-refractivity contribution in [3.63, 3.8) is 0 Å². The van der Waals surface area contributed by atoms with Crippen molar-refractivity contribution in [2.24, 2.45) is 0 Å². The molecule has 1 aliphatic heterocycles. The molecule has 1 heterocycles. The maximum absolute atomic E-state index is 13.1. The average Bonchev–Trinajstić information content (AvgIpc) is 2.67. The minimum Gasteiger partial charge on any atom is -0.469 e. The summed E-state index contributed by atoms with van der Waals surface area (Å²) in [4.78, 5) is 11.6. The Labute approximate surface area is 175 Å².